The van der Waals surface area contributed by atoms with Crippen molar-refractivity contribution in [3.05, 3.63) is 40.8 Å². The molecule has 2 aromatic heterocycles. The van der Waals surface area contributed by atoms with E-state index in [4.69, 9.17) is 9.72 Å². The van der Waals surface area contributed by atoms with Gasteiger partial charge in [-0.1, -0.05) is 11.8 Å². The lowest BCUT2D eigenvalue weighted by Crippen LogP contribution is -2.19. The predicted molar refractivity (Wildman–Crippen MR) is 121 cm³/mol. The van der Waals surface area contributed by atoms with Gasteiger partial charge < -0.3 is 15.0 Å². The number of fused-ring (bicyclic) bond motifs is 1. The summed E-state index contributed by atoms with van der Waals surface area (Å²) >= 11 is 2.87. The van der Waals surface area contributed by atoms with Crippen LogP contribution in [0.15, 0.2) is 35.5 Å². The number of nitrogens with one attached hydrogen (secondary N) is 1. The van der Waals surface area contributed by atoms with Gasteiger partial charge in [0, 0.05) is 18.8 Å². The van der Waals surface area contributed by atoms with E-state index < -0.39 is 0 Å². The number of thioether (sulfide) groups is 1. The average molecular weight is 443 g/mol. The Bertz CT molecular complexity index is 1080. The van der Waals surface area contributed by atoms with Crippen molar-refractivity contribution >= 4 is 56.7 Å². The Balaban J connectivity index is 1.57. The van der Waals surface area contributed by atoms with Gasteiger partial charge in [-0.15, -0.1) is 11.3 Å². The fraction of sp³-hybridized carbons (Fsp3) is 0.333. The van der Waals surface area contributed by atoms with Crippen molar-refractivity contribution in [3.8, 4) is 0 Å². The van der Waals surface area contributed by atoms with Crippen LogP contribution in [-0.4, -0.2) is 47.8 Å². The molecule has 7 nitrogen and oxygen atoms in total. The number of rotatable bonds is 6. The van der Waals surface area contributed by atoms with Crippen molar-refractivity contribution in [2.45, 2.75) is 24.9 Å². The van der Waals surface area contributed by atoms with Crippen LogP contribution in [0.2, 0.25) is 0 Å². The molecule has 1 N–H and O–H groups in total. The van der Waals surface area contributed by atoms with Crippen molar-refractivity contribution in [1.82, 2.24) is 9.97 Å². The minimum atomic E-state index is -0.377. The Morgan fingerprint density at radius 3 is 2.60 bits per heavy atom. The first-order chi connectivity index (χ1) is 14.6. The van der Waals surface area contributed by atoms with E-state index in [0.29, 0.717) is 27.9 Å². The topological polar surface area (TPSA) is 84.4 Å². The summed E-state index contributed by atoms with van der Waals surface area (Å²) in [7, 11) is 0. The van der Waals surface area contributed by atoms with Crippen LogP contribution in [0.4, 0.5) is 11.5 Å². The predicted octanol–water partition coefficient (Wildman–Crippen LogP) is 4.44. The molecule has 0 bridgehead atoms. The van der Waals surface area contributed by atoms with E-state index in [1.807, 2.05) is 12.3 Å². The van der Waals surface area contributed by atoms with E-state index >= 15 is 0 Å². The highest BCUT2D eigenvalue weighted by Crippen LogP contribution is 2.34. The molecular weight excluding hydrogens is 420 g/mol. The molecule has 1 amide bonds. The molecule has 0 spiro atoms. The number of aromatic nitrogens is 2. The molecule has 1 aromatic carbocycles. The summed E-state index contributed by atoms with van der Waals surface area (Å²) < 4.78 is 4.98. The molecule has 0 unspecified atom stereocenters. The minimum absolute atomic E-state index is 0.208. The van der Waals surface area contributed by atoms with Crippen molar-refractivity contribution in [3.63, 3.8) is 0 Å². The normalized spacial score (nSPS) is 13.6. The van der Waals surface area contributed by atoms with E-state index in [2.05, 4.69) is 15.2 Å². The van der Waals surface area contributed by atoms with Gasteiger partial charge in [0.15, 0.2) is 5.16 Å². The summed E-state index contributed by atoms with van der Waals surface area (Å²) in [6.07, 6.45) is 4.26. The molecule has 9 heteroatoms. The van der Waals surface area contributed by atoms with Crippen LogP contribution in [0.3, 0.4) is 0 Å². The second kappa shape index (κ2) is 9.01. The van der Waals surface area contributed by atoms with Crippen LogP contribution in [0, 0.1) is 0 Å². The molecule has 1 aliphatic rings. The van der Waals surface area contributed by atoms with Crippen molar-refractivity contribution < 1.29 is 14.3 Å². The lowest BCUT2D eigenvalue weighted by Gasteiger charge is -2.17. The molecule has 0 radical (unpaired) electrons. The number of anilines is 2. The van der Waals surface area contributed by atoms with Gasteiger partial charge in [-0.25, -0.2) is 14.8 Å². The number of ether oxygens (including phenoxy) is 1. The number of hydrogen-bond acceptors (Lipinski definition) is 8. The lowest BCUT2D eigenvalue weighted by molar-refractivity contribution is 0.0526. The van der Waals surface area contributed by atoms with Crippen LogP contribution in [0.5, 0.6) is 0 Å². The first-order valence-electron chi connectivity index (χ1n) is 9.78. The first kappa shape index (κ1) is 20.6. The SMILES string of the molecule is CCOC(=O)c1ccc(NC(=O)c2cc3c(N4CCCC4)nc(SC)nc3s2)cc1. The highest BCUT2D eigenvalue weighted by Gasteiger charge is 2.21. The van der Waals surface area contributed by atoms with Gasteiger partial charge in [-0.3, -0.25) is 4.79 Å². The second-order valence-electron chi connectivity index (χ2n) is 6.81. The van der Waals surface area contributed by atoms with Crippen molar-refractivity contribution in [2.24, 2.45) is 0 Å². The van der Waals surface area contributed by atoms with Crippen molar-refractivity contribution in [1.29, 1.82) is 0 Å². The summed E-state index contributed by atoms with van der Waals surface area (Å²) in [5.41, 5.74) is 1.06. The number of benzene rings is 1. The number of amides is 1. The molecule has 0 aliphatic carbocycles. The summed E-state index contributed by atoms with van der Waals surface area (Å²) in [4.78, 5) is 37.6. The molecule has 1 aliphatic heterocycles. The molecule has 1 saturated heterocycles. The molecule has 0 saturated carbocycles. The maximum absolute atomic E-state index is 12.8. The van der Waals surface area contributed by atoms with Gasteiger partial charge in [-0.2, -0.15) is 0 Å². The maximum Gasteiger partial charge on any atom is 0.338 e. The third-order valence-electron chi connectivity index (χ3n) is 4.82. The standard InChI is InChI=1S/C21H22N4O3S2/c1-3-28-20(27)13-6-8-14(9-7-13)22-18(26)16-12-15-17(25-10-4-5-11-25)23-21(29-2)24-19(15)30-16/h6-9,12H,3-5,10-11H2,1-2H3,(H,22,26). The Morgan fingerprint density at radius 2 is 1.93 bits per heavy atom. The van der Waals surface area contributed by atoms with Gasteiger partial charge in [0.2, 0.25) is 0 Å². The number of nitrogens with zero attached hydrogens (tertiary/aromatic N) is 3. The van der Waals surface area contributed by atoms with Gasteiger partial charge in [0.05, 0.1) is 22.4 Å². The smallest absolute Gasteiger partial charge is 0.338 e. The summed E-state index contributed by atoms with van der Waals surface area (Å²) in [5.74, 6) is 0.327. The maximum atomic E-state index is 12.8. The molecular formula is C21H22N4O3S2. The van der Waals surface area contributed by atoms with Gasteiger partial charge in [0.25, 0.3) is 5.91 Å². The molecule has 3 heterocycles. The zero-order valence-corrected chi connectivity index (χ0v) is 18.4. The molecule has 0 atom stereocenters. The molecule has 30 heavy (non-hydrogen) atoms. The fourth-order valence-electron chi connectivity index (χ4n) is 3.36. The van der Waals surface area contributed by atoms with E-state index in [9.17, 15) is 9.59 Å². The number of hydrogen-bond donors (Lipinski definition) is 1. The van der Waals surface area contributed by atoms with Crippen LogP contribution in [0.25, 0.3) is 10.2 Å². The third kappa shape index (κ3) is 4.27. The molecule has 1 fully saturated rings. The van der Waals surface area contributed by atoms with Crippen LogP contribution in [0.1, 0.15) is 39.8 Å². The van der Waals surface area contributed by atoms with E-state index in [-0.39, 0.29) is 11.9 Å². The largest absolute Gasteiger partial charge is 0.462 e. The fourth-order valence-corrected chi connectivity index (χ4v) is 4.70. The highest BCUT2D eigenvalue weighted by molar-refractivity contribution is 7.98. The average Bonchev–Trinajstić information content (AvgIpc) is 3.43. The van der Waals surface area contributed by atoms with Crippen LogP contribution in [-0.2, 0) is 4.74 Å². The third-order valence-corrected chi connectivity index (χ3v) is 6.39. The summed E-state index contributed by atoms with van der Waals surface area (Å²) in [6.45, 7) is 4.04. The Morgan fingerprint density at radius 1 is 1.20 bits per heavy atom. The lowest BCUT2D eigenvalue weighted by atomic mass is 10.2. The van der Waals surface area contributed by atoms with E-state index in [1.165, 1.54) is 23.1 Å². The Hall–Kier alpha value is -2.65. The van der Waals surface area contributed by atoms with E-state index in [1.54, 1.807) is 31.2 Å². The zero-order chi connectivity index (χ0) is 21.1. The first-order valence-corrected chi connectivity index (χ1v) is 11.8. The second-order valence-corrected chi connectivity index (χ2v) is 8.61. The molecule has 4 rings (SSSR count). The quantitative estimate of drug-likeness (QED) is 0.343. The minimum Gasteiger partial charge on any atom is -0.462 e. The summed E-state index contributed by atoms with van der Waals surface area (Å²) in [5, 5.41) is 4.52. The number of esters is 1. The Labute approximate surface area is 182 Å². The monoisotopic (exact) mass is 442 g/mol. The van der Waals surface area contributed by atoms with Gasteiger partial charge in [-0.05, 0) is 56.4 Å². The number of carbonyl (C=O) groups is 2. The van der Waals surface area contributed by atoms with Gasteiger partial charge >= 0.3 is 5.97 Å². The van der Waals surface area contributed by atoms with Crippen molar-refractivity contribution in [2.75, 3.05) is 36.2 Å². The highest BCUT2D eigenvalue weighted by atomic mass is 32.2. The Kier molecular flexibility index (Phi) is 6.19. The zero-order valence-electron chi connectivity index (χ0n) is 16.8. The van der Waals surface area contributed by atoms with Crippen LogP contribution >= 0.6 is 23.1 Å². The molecule has 156 valence electrons. The number of thiophene rings is 1. The molecule has 3 aromatic rings. The van der Waals surface area contributed by atoms with Crippen LogP contribution < -0.4 is 10.2 Å². The van der Waals surface area contributed by atoms with E-state index in [0.717, 1.165) is 42.0 Å². The van der Waals surface area contributed by atoms with Gasteiger partial charge in [0.1, 0.15) is 10.6 Å². The number of carbonyl (C=O) groups excluding carboxylic acids is 2. The summed E-state index contributed by atoms with van der Waals surface area (Å²) in [6, 6.07) is 8.54.